The van der Waals surface area contributed by atoms with Crippen molar-refractivity contribution in [2.45, 2.75) is 58.7 Å². The molecule has 2 N–H and O–H groups in total. The van der Waals surface area contributed by atoms with Crippen molar-refractivity contribution in [3.05, 3.63) is 11.7 Å². The summed E-state index contributed by atoms with van der Waals surface area (Å²) in [5.41, 5.74) is 6.28. The van der Waals surface area contributed by atoms with Crippen molar-refractivity contribution in [1.82, 2.24) is 15.0 Å². The van der Waals surface area contributed by atoms with Crippen molar-refractivity contribution >= 4 is 18.3 Å². The summed E-state index contributed by atoms with van der Waals surface area (Å²) in [4.78, 5) is 18.8. The summed E-state index contributed by atoms with van der Waals surface area (Å²) in [6.07, 6.45) is 3.17. The Morgan fingerprint density at radius 3 is 2.65 bits per heavy atom. The van der Waals surface area contributed by atoms with Crippen molar-refractivity contribution < 1.29 is 14.1 Å². The van der Waals surface area contributed by atoms with E-state index in [1.165, 1.54) is 6.42 Å². The Morgan fingerprint density at radius 1 is 1.35 bits per heavy atom. The number of carbonyl (C=O) groups is 1. The van der Waals surface area contributed by atoms with E-state index in [1.807, 2.05) is 6.92 Å². The Labute approximate surface area is 161 Å². The summed E-state index contributed by atoms with van der Waals surface area (Å²) in [5.74, 6) is 2.40. The standard InChI is InChI=1S/C18H30N4O3.ClH/c1-10(2)9-24-11(3)17-20-14(25-21-17)8-22(4)18(23)15-12-5-6-13(7-12)16(15)19;/h10-13,15-16H,5-9,19H2,1-4H3;1H. The second-order valence-corrected chi connectivity index (χ2v) is 8.05. The number of nitrogens with two attached hydrogens (primary N) is 1. The fourth-order valence-electron chi connectivity index (χ4n) is 4.15. The molecule has 1 heterocycles. The predicted octanol–water partition coefficient (Wildman–Crippen LogP) is 2.56. The molecule has 2 aliphatic carbocycles. The second-order valence-electron chi connectivity index (χ2n) is 8.05. The normalized spacial score (nSPS) is 28.2. The molecule has 2 fully saturated rings. The number of rotatable bonds is 7. The molecule has 8 heteroatoms. The van der Waals surface area contributed by atoms with Gasteiger partial charge in [0, 0.05) is 19.7 Å². The van der Waals surface area contributed by atoms with Crippen molar-refractivity contribution in [3.63, 3.8) is 0 Å². The average molecular weight is 387 g/mol. The quantitative estimate of drug-likeness (QED) is 0.773. The first-order valence-corrected chi connectivity index (χ1v) is 9.31. The van der Waals surface area contributed by atoms with E-state index in [9.17, 15) is 4.79 Å². The minimum absolute atomic E-state index is 0. The number of hydrogen-bond donors (Lipinski definition) is 1. The van der Waals surface area contributed by atoms with Gasteiger partial charge in [-0.1, -0.05) is 19.0 Å². The van der Waals surface area contributed by atoms with Crippen LogP contribution in [-0.2, 0) is 16.1 Å². The van der Waals surface area contributed by atoms with Gasteiger partial charge in [0.05, 0.1) is 12.5 Å². The van der Waals surface area contributed by atoms with Crippen LogP contribution in [0.15, 0.2) is 4.52 Å². The van der Waals surface area contributed by atoms with Crippen molar-refractivity contribution in [2.75, 3.05) is 13.7 Å². The molecule has 2 saturated carbocycles. The molecule has 2 bridgehead atoms. The zero-order valence-electron chi connectivity index (χ0n) is 16.1. The van der Waals surface area contributed by atoms with Crippen molar-refractivity contribution in [2.24, 2.45) is 29.4 Å². The summed E-state index contributed by atoms with van der Waals surface area (Å²) in [7, 11) is 1.78. The number of halogens is 1. The van der Waals surface area contributed by atoms with E-state index in [4.69, 9.17) is 15.0 Å². The summed E-state index contributed by atoms with van der Waals surface area (Å²) in [5, 5.41) is 3.98. The third-order valence-electron chi connectivity index (χ3n) is 5.54. The van der Waals surface area contributed by atoms with E-state index in [2.05, 4.69) is 24.0 Å². The highest BCUT2D eigenvalue weighted by molar-refractivity contribution is 5.85. The summed E-state index contributed by atoms with van der Waals surface area (Å²) >= 11 is 0. The molecule has 0 aliphatic heterocycles. The van der Waals surface area contributed by atoms with Crippen LogP contribution in [0.2, 0.25) is 0 Å². The maximum Gasteiger partial charge on any atom is 0.246 e. The van der Waals surface area contributed by atoms with E-state index in [0.29, 0.717) is 42.6 Å². The minimum Gasteiger partial charge on any atom is -0.370 e. The fourth-order valence-corrected chi connectivity index (χ4v) is 4.15. The number of aromatic nitrogens is 2. The van der Waals surface area contributed by atoms with E-state index in [1.54, 1.807) is 11.9 Å². The highest BCUT2D eigenvalue weighted by Gasteiger charge is 2.49. The minimum atomic E-state index is -0.222. The molecule has 1 aromatic rings. The van der Waals surface area contributed by atoms with Crippen LogP contribution >= 0.6 is 12.4 Å². The van der Waals surface area contributed by atoms with Gasteiger partial charge < -0.3 is 19.9 Å². The van der Waals surface area contributed by atoms with Crippen LogP contribution in [0.25, 0.3) is 0 Å². The lowest BCUT2D eigenvalue weighted by Crippen LogP contribution is -2.45. The van der Waals surface area contributed by atoms with Crippen LogP contribution in [0.1, 0.15) is 57.9 Å². The third-order valence-corrected chi connectivity index (χ3v) is 5.54. The van der Waals surface area contributed by atoms with Gasteiger partial charge >= 0.3 is 0 Å². The molecule has 26 heavy (non-hydrogen) atoms. The Balaban J connectivity index is 0.00000243. The Hall–Kier alpha value is -1.18. The first-order valence-electron chi connectivity index (χ1n) is 9.31. The van der Waals surface area contributed by atoms with Crippen LogP contribution in [0.4, 0.5) is 0 Å². The molecule has 7 nitrogen and oxygen atoms in total. The Morgan fingerprint density at radius 2 is 2.04 bits per heavy atom. The first kappa shape index (κ1) is 21.1. The molecule has 5 unspecified atom stereocenters. The molecule has 0 radical (unpaired) electrons. The van der Waals surface area contributed by atoms with Gasteiger partial charge in [-0.25, -0.2) is 0 Å². The number of hydrogen-bond acceptors (Lipinski definition) is 6. The lowest BCUT2D eigenvalue weighted by atomic mass is 9.84. The van der Waals surface area contributed by atoms with E-state index >= 15 is 0 Å². The zero-order valence-corrected chi connectivity index (χ0v) is 16.9. The lowest BCUT2D eigenvalue weighted by Gasteiger charge is -2.30. The van der Waals surface area contributed by atoms with Gasteiger partial charge in [0.1, 0.15) is 6.10 Å². The van der Waals surface area contributed by atoms with E-state index in [-0.39, 0.29) is 36.4 Å². The summed E-state index contributed by atoms with van der Waals surface area (Å²) in [6, 6.07) is -0.00333. The average Bonchev–Trinajstić information content (AvgIpc) is 3.27. The van der Waals surface area contributed by atoms with E-state index < -0.39 is 0 Å². The number of amides is 1. The van der Waals surface area contributed by atoms with Gasteiger partial charge in [-0.3, -0.25) is 4.79 Å². The monoisotopic (exact) mass is 386 g/mol. The van der Waals surface area contributed by atoms with Gasteiger partial charge in [-0.15, -0.1) is 12.4 Å². The van der Waals surface area contributed by atoms with Gasteiger partial charge in [0.15, 0.2) is 5.82 Å². The first-order chi connectivity index (χ1) is 11.9. The van der Waals surface area contributed by atoms with Crippen LogP contribution in [-0.4, -0.2) is 40.6 Å². The van der Waals surface area contributed by atoms with Crippen LogP contribution < -0.4 is 5.73 Å². The molecule has 2 aliphatic rings. The van der Waals surface area contributed by atoms with Crippen molar-refractivity contribution in [3.8, 4) is 0 Å². The SMILES string of the molecule is CC(C)COC(C)c1noc(CN(C)C(=O)C2C3CCC(C3)C2N)n1.Cl. The molecule has 0 saturated heterocycles. The molecule has 0 aromatic carbocycles. The number of ether oxygens (including phenoxy) is 1. The van der Waals surface area contributed by atoms with E-state index in [0.717, 1.165) is 12.8 Å². The van der Waals surface area contributed by atoms with Crippen LogP contribution in [0.5, 0.6) is 0 Å². The van der Waals surface area contributed by atoms with Gasteiger partial charge in [-0.05, 0) is 43.9 Å². The second kappa shape index (κ2) is 8.67. The summed E-state index contributed by atoms with van der Waals surface area (Å²) in [6.45, 7) is 7.04. The molecule has 148 valence electrons. The number of nitrogens with zero attached hydrogens (tertiary/aromatic N) is 3. The fraction of sp³-hybridized carbons (Fsp3) is 0.833. The van der Waals surface area contributed by atoms with Gasteiger partial charge in [0.25, 0.3) is 0 Å². The zero-order chi connectivity index (χ0) is 18.1. The van der Waals surface area contributed by atoms with Gasteiger partial charge in [-0.2, -0.15) is 4.98 Å². The maximum atomic E-state index is 12.8. The van der Waals surface area contributed by atoms with Crippen molar-refractivity contribution in [1.29, 1.82) is 0 Å². The predicted molar refractivity (Wildman–Crippen MR) is 99.5 cm³/mol. The molecule has 3 rings (SSSR count). The lowest BCUT2D eigenvalue weighted by molar-refractivity contribution is -0.137. The highest BCUT2D eigenvalue weighted by atomic mass is 35.5. The molecular formula is C18H31ClN4O3. The molecule has 1 amide bonds. The Bertz CT molecular complexity index is 607. The molecule has 0 spiro atoms. The third kappa shape index (κ3) is 4.38. The molecule has 1 aromatic heterocycles. The number of carbonyl (C=O) groups excluding carboxylic acids is 1. The van der Waals surface area contributed by atoms with Crippen LogP contribution in [0.3, 0.4) is 0 Å². The topological polar surface area (TPSA) is 94.5 Å². The molecule has 5 atom stereocenters. The largest absolute Gasteiger partial charge is 0.370 e. The highest BCUT2D eigenvalue weighted by Crippen LogP contribution is 2.48. The maximum absolute atomic E-state index is 12.8. The van der Waals surface area contributed by atoms with Gasteiger partial charge in [0.2, 0.25) is 11.8 Å². The Kier molecular flexibility index (Phi) is 7.05. The molecular weight excluding hydrogens is 356 g/mol. The summed E-state index contributed by atoms with van der Waals surface area (Å²) < 4.78 is 11.0. The van der Waals surface area contributed by atoms with Crippen LogP contribution in [0, 0.1) is 23.7 Å². The smallest absolute Gasteiger partial charge is 0.246 e. The number of fused-ring (bicyclic) bond motifs is 2.